The number of aromatic nitrogens is 1. The number of benzene rings is 1. The Morgan fingerprint density at radius 3 is 2.85 bits per heavy atom. The summed E-state index contributed by atoms with van der Waals surface area (Å²) in [6.07, 6.45) is 1.72. The molecule has 0 aliphatic heterocycles. The van der Waals surface area contributed by atoms with E-state index in [1.165, 1.54) is 7.11 Å². The Bertz CT molecular complexity index is 718. The highest BCUT2D eigenvalue weighted by Crippen LogP contribution is 2.20. The summed E-state index contributed by atoms with van der Waals surface area (Å²) in [4.78, 5) is 26.0. The summed E-state index contributed by atoms with van der Waals surface area (Å²) in [6, 6.07) is 5.13. The molecule has 1 N–H and O–H groups in total. The van der Waals surface area contributed by atoms with Crippen LogP contribution in [0.15, 0.2) is 24.4 Å². The lowest BCUT2D eigenvalue weighted by molar-refractivity contribution is -0.136. The minimum absolute atomic E-state index is 0.274. The van der Waals surface area contributed by atoms with Crippen LogP contribution in [0, 0.1) is 11.8 Å². The molecular weight excluding hydrogens is 258 g/mol. The van der Waals surface area contributed by atoms with Gasteiger partial charge in [0.1, 0.15) is 0 Å². The molecule has 5 nitrogen and oxygen atoms in total. The highest BCUT2D eigenvalue weighted by molar-refractivity contribution is 6.04. The lowest BCUT2D eigenvalue weighted by atomic mass is 10.1. The van der Waals surface area contributed by atoms with Gasteiger partial charge in [-0.05, 0) is 25.1 Å². The van der Waals surface area contributed by atoms with Crippen molar-refractivity contribution in [3.63, 3.8) is 0 Å². The van der Waals surface area contributed by atoms with Gasteiger partial charge in [-0.1, -0.05) is 5.92 Å². The SMILES string of the molecule is CCOC(=O)C#Cc1cc(C(=O)OC)c2cc[nH]c2c1. The molecule has 0 radical (unpaired) electrons. The maximum atomic E-state index is 11.7. The number of fused-ring (bicyclic) bond motifs is 1. The van der Waals surface area contributed by atoms with E-state index in [9.17, 15) is 9.59 Å². The summed E-state index contributed by atoms with van der Waals surface area (Å²) < 4.78 is 9.46. The third-order valence-electron chi connectivity index (χ3n) is 2.66. The Hall–Kier alpha value is -2.74. The number of hydrogen-bond acceptors (Lipinski definition) is 4. The van der Waals surface area contributed by atoms with Crippen LogP contribution in [0.2, 0.25) is 0 Å². The Kier molecular flexibility index (Phi) is 4.06. The summed E-state index contributed by atoms with van der Waals surface area (Å²) in [7, 11) is 1.32. The number of H-pyrrole nitrogens is 1. The first-order chi connectivity index (χ1) is 9.65. The van der Waals surface area contributed by atoms with Gasteiger partial charge in [-0.15, -0.1) is 0 Å². The van der Waals surface area contributed by atoms with Gasteiger partial charge in [-0.25, -0.2) is 9.59 Å². The van der Waals surface area contributed by atoms with E-state index in [1.807, 2.05) is 0 Å². The minimum Gasteiger partial charge on any atom is -0.465 e. The van der Waals surface area contributed by atoms with E-state index in [1.54, 1.807) is 31.3 Å². The Labute approximate surface area is 115 Å². The fourth-order valence-electron chi connectivity index (χ4n) is 1.81. The highest BCUT2D eigenvalue weighted by atomic mass is 16.5. The van der Waals surface area contributed by atoms with Crippen LogP contribution in [-0.4, -0.2) is 30.6 Å². The molecule has 1 aromatic heterocycles. The van der Waals surface area contributed by atoms with Crippen LogP contribution in [0.3, 0.4) is 0 Å². The summed E-state index contributed by atoms with van der Waals surface area (Å²) >= 11 is 0. The predicted octanol–water partition coefficient (Wildman–Crippen LogP) is 1.87. The predicted molar refractivity (Wildman–Crippen MR) is 73.1 cm³/mol. The molecule has 0 saturated heterocycles. The summed E-state index contributed by atoms with van der Waals surface area (Å²) in [6.45, 7) is 1.98. The van der Waals surface area contributed by atoms with Crippen LogP contribution >= 0.6 is 0 Å². The highest BCUT2D eigenvalue weighted by Gasteiger charge is 2.12. The topological polar surface area (TPSA) is 68.4 Å². The molecule has 2 rings (SSSR count). The van der Waals surface area contributed by atoms with Gasteiger partial charge >= 0.3 is 11.9 Å². The van der Waals surface area contributed by atoms with E-state index in [0.29, 0.717) is 11.1 Å². The quantitative estimate of drug-likeness (QED) is 0.668. The maximum absolute atomic E-state index is 11.7. The number of ether oxygens (including phenoxy) is 2. The van der Waals surface area contributed by atoms with Gasteiger partial charge in [-0.2, -0.15) is 0 Å². The minimum atomic E-state index is -0.598. The molecule has 0 fully saturated rings. The molecule has 0 atom stereocenters. The monoisotopic (exact) mass is 271 g/mol. The van der Waals surface area contributed by atoms with Gasteiger partial charge in [0.25, 0.3) is 0 Å². The molecule has 0 amide bonds. The first-order valence-electron chi connectivity index (χ1n) is 6.04. The van der Waals surface area contributed by atoms with Gasteiger partial charge in [0, 0.05) is 28.6 Å². The summed E-state index contributed by atoms with van der Waals surface area (Å²) in [5.74, 6) is 3.99. The smallest absolute Gasteiger partial charge is 0.384 e. The van der Waals surface area contributed by atoms with Crippen molar-refractivity contribution in [3.05, 3.63) is 35.5 Å². The summed E-state index contributed by atoms with van der Waals surface area (Å²) in [5.41, 5.74) is 1.69. The normalized spacial score (nSPS) is 9.70. The molecule has 0 unspecified atom stereocenters. The molecule has 0 aliphatic rings. The van der Waals surface area contributed by atoms with E-state index < -0.39 is 11.9 Å². The van der Waals surface area contributed by atoms with Gasteiger partial charge < -0.3 is 14.5 Å². The number of methoxy groups -OCH3 is 1. The first-order valence-corrected chi connectivity index (χ1v) is 6.04. The van der Waals surface area contributed by atoms with E-state index in [2.05, 4.69) is 16.8 Å². The maximum Gasteiger partial charge on any atom is 0.384 e. The fourth-order valence-corrected chi connectivity index (χ4v) is 1.81. The molecule has 1 heterocycles. The number of carbonyl (C=O) groups excluding carboxylic acids is 2. The van der Waals surface area contributed by atoms with E-state index in [-0.39, 0.29) is 6.61 Å². The van der Waals surface area contributed by atoms with Crippen molar-refractivity contribution in [1.82, 2.24) is 4.98 Å². The second-order valence-electron chi connectivity index (χ2n) is 3.92. The number of aromatic amines is 1. The van der Waals surface area contributed by atoms with Crippen molar-refractivity contribution in [2.45, 2.75) is 6.92 Å². The first kappa shape index (κ1) is 13.7. The molecular formula is C15H13NO4. The zero-order valence-electron chi connectivity index (χ0n) is 11.1. The van der Waals surface area contributed by atoms with Crippen LogP contribution in [0.25, 0.3) is 10.9 Å². The molecule has 102 valence electrons. The summed E-state index contributed by atoms with van der Waals surface area (Å²) in [5, 5.41) is 0.749. The lowest BCUT2D eigenvalue weighted by Gasteiger charge is -2.02. The zero-order valence-corrected chi connectivity index (χ0v) is 11.1. The second kappa shape index (κ2) is 5.93. The van der Waals surface area contributed by atoms with Crippen LogP contribution in [0.1, 0.15) is 22.8 Å². The van der Waals surface area contributed by atoms with Crippen LogP contribution in [0.4, 0.5) is 0 Å². The fraction of sp³-hybridized carbons (Fsp3) is 0.200. The number of rotatable bonds is 2. The molecule has 1 aromatic carbocycles. The van der Waals surface area contributed by atoms with E-state index in [0.717, 1.165) is 10.9 Å². The van der Waals surface area contributed by atoms with Crippen LogP contribution < -0.4 is 0 Å². The van der Waals surface area contributed by atoms with Crippen LogP contribution in [0.5, 0.6) is 0 Å². The lowest BCUT2D eigenvalue weighted by Crippen LogP contribution is -2.02. The van der Waals surface area contributed by atoms with E-state index >= 15 is 0 Å². The van der Waals surface area contributed by atoms with Crippen LogP contribution in [-0.2, 0) is 14.3 Å². The molecule has 20 heavy (non-hydrogen) atoms. The second-order valence-corrected chi connectivity index (χ2v) is 3.92. The van der Waals surface area contributed by atoms with Crippen molar-refractivity contribution >= 4 is 22.8 Å². The van der Waals surface area contributed by atoms with Gasteiger partial charge in [0.15, 0.2) is 0 Å². The molecule has 0 saturated carbocycles. The van der Waals surface area contributed by atoms with Crippen molar-refractivity contribution in [2.24, 2.45) is 0 Å². The van der Waals surface area contributed by atoms with Crippen molar-refractivity contribution < 1.29 is 19.1 Å². The standard InChI is InChI=1S/C15H13NO4/c1-3-20-14(17)5-4-10-8-12(15(18)19-2)11-6-7-16-13(11)9-10/h6-9,16H,3H2,1-2H3. The number of esters is 2. The average molecular weight is 271 g/mol. The van der Waals surface area contributed by atoms with Gasteiger partial charge in [-0.3, -0.25) is 0 Å². The molecule has 5 heteroatoms. The van der Waals surface area contributed by atoms with Gasteiger partial charge in [0.05, 0.1) is 19.3 Å². The third kappa shape index (κ3) is 2.81. The third-order valence-corrected chi connectivity index (χ3v) is 2.66. The van der Waals surface area contributed by atoms with Crippen molar-refractivity contribution in [2.75, 3.05) is 13.7 Å². The van der Waals surface area contributed by atoms with Gasteiger partial charge in [0.2, 0.25) is 0 Å². The molecule has 0 aliphatic carbocycles. The zero-order chi connectivity index (χ0) is 14.5. The molecule has 0 bridgehead atoms. The largest absolute Gasteiger partial charge is 0.465 e. The van der Waals surface area contributed by atoms with Crippen molar-refractivity contribution in [3.8, 4) is 11.8 Å². The molecule has 0 spiro atoms. The molecule has 2 aromatic rings. The number of nitrogens with one attached hydrogen (secondary N) is 1. The Morgan fingerprint density at radius 2 is 2.15 bits per heavy atom. The number of hydrogen-bond donors (Lipinski definition) is 1. The van der Waals surface area contributed by atoms with Crippen molar-refractivity contribution in [1.29, 1.82) is 0 Å². The number of carbonyl (C=O) groups is 2. The van der Waals surface area contributed by atoms with E-state index in [4.69, 9.17) is 9.47 Å². The Morgan fingerprint density at radius 1 is 1.35 bits per heavy atom. The average Bonchev–Trinajstić information content (AvgIpc) is 2.92. The Balaban J connectivity index is 2.45.